The number of aryl methyl sites for hydroxylation is 1. The van der Waals surface area contributed by atoms with E-state index in [9.17, 15) is 8.42 Å². The Kier molecular flexibility index (Phi) is 6.60. The van der Waals surface area contributed by atoms with E-state index in [1.54, 1.807) is 29.5 Å². The molecule has 4 rings (SSSR count). The minimum Gasteiger partial charge on any atom is -0.348 e. The summed E-state index contributed by atoms with van der Waals surface area (Å²) >= 11 is 5.04. The number of anilines is 1. The zero-order valence-electron chi connectivity index (χ0n) is 16.9. The molecule has 2 heterocycles. The largest absolute Gasteiger partial charge is 0.348 e. The molecular formula is C23H25BrN2O2S2. The molecule has 1 aliphatic heterocycles. The fourth-order valence-electron chi connectivity index (χ4n) is 3.84. The van der Waals surface area contributed by atoms with E-state index in [2.05, 4.69) is 57.4 Å². The quantitative estimate of drug-likeness (QED) is 0.444. The SMILES string of the molecule is CCc1ccc(Cc2csc(N3CCC(S(=O)(=O)c4ccccc4Br)CC3)n2)cc1. The second-order valence-electron chi connectivity index (χ2n) is 7.63. The van der Waals surface area contributed by atoms with Crippen LogP contribution in [0.5, 0.6) is 0 Å². The summed E-state index contributed by atoms with van der Waals surface area (Å²) in [5, 5.41) is 2.77. The van der Waals surface area contributed by atoms with E-state index in [-0.39, 0.29) is 5.25 Å². The van der Waals surface area contributed by atoms with Crippen LogP contribution < -0.4 is 4.90 Å². The van der Waals surface area contributed by atoms with Crippen LogP contribution in [0.15, 0.2) is 63.3 Å². The lowest BCUT2D eigenvalue weighted by molar-refractivity contribution is 0.529. The number of nitrogens with zero attached hydrogens (tertiary/aromatic N) is 2. The van der Waals surface area contributed by atoms with Crippen molar-refractivity contribution in [1.82, 2.24) is 4.98 Å². The molecule has 0 bridgehead atoms. The number of aromatic nitrogens is 1. The average Bonchev–Trinajstić information content (AvgIpc) is 3.23. The molecule has 1 fully saturated rings. The fourth-order valence-corrected chi connectivity index (χ4v) is 7.48. The van der Waals surface area contributed by atoms with Gasteiger partial charge >= 0.3 is 0 Å². The summed E-state index contributed by atoms with van der Waals surface area (Å²) in [5.41, 5.74) is 3.68. The van der Waals surface area contributed by atoms with Crippen LogP contribution in [0.1, 0.15) is 36.6 Å². The summed E-state index contributed by atoms with van der Waals surface area (Å²) in [4.78, 5) is 7.44. The van der Waals surface area contributed by atoms with E-state index in [0.717, 1.165) is 23.7 Å². The van der Waals surface area contributed by atoms with Gasteiger partial charge in [0.25, 0.3) is 0 Å². The van der Waals surface area contributed by atoms with E-state index in [0.29, 0.717) is 35.3 Å². The summed E-state index contributed by atoms with van der Waals surface area (Å²) in [5.74, 6) is 0. The minimum atomic E-state index is -3.33. The molecule has 30 heavy (non-hydrogen) atoms. The number of piperidine rings is 1. The first-order valence-electron chi connectivity index (χ1n) is 10.2. The molecule has 2 aromatic carbocycles. The highest BCUT2D eigenvalue weighted by Crippen LogP contribution is 2.32. The van der Waals surface area contributed by atoms with Crippen molar-refractivity contribution in [3.63, 3.8) is 0 Å². The van der Waals surface area contributed by atoms with E-state index in [1.165, 1.54) is 11.1 Å². The molecule has 1 aromatic heterocycles. The van der Waals surface area contributed by atoms with Gasteiger partial charge in [-0.05, 0) is 58.5 Å². The van der Waals surface area contributed by atoms with Gasteiger partial charge in [0.15, 0.2) is 15.0 Å². The number of halogens is 1. The van der Waals surface area contributed by atoms with Crippen LogP contribution >= 0.6 is 27.3 Å². The van der Waals surface area contributed by atoms with Gasteiger partial charge in [-0.15, -0.1) is 11.3 Å². The molecule has 0 N–H and O–H groups in total. The van der Waals surface area contributed by atoms with Gasteiger partial charge in [0.2, 0.25) is 0 Å². The van der Waals surface area contributed by atoms with Gasteiger partial charge in [0.05, 0.1) is 15.8 Å². The van der Waals surface area contributed by atoms with Crippen molar-refractivity contribution >= 4 is 42.2 Å². The summed E-state index contributed by atoms with van der Waals surface area (Å²) < 4.78 is 26.7. The number of rotatable bonds is 6. The summed E-state index contributed by atoms with van der Waals surface area (Å²) in [7, 11) is -3.33. The number of hydrogen-bond acceptors (Lipinski definition) is 5. The van der Waals surface area contributed by atoms with Crippen molar-refractivity contribution in [2.45, 2.75) is 42.8 Å². The minimum absolute atomic E-state index is 0.344. The average molecular weight is 506 g/mol. The third kappa shape index (κ3) is 4.63. The predicted molar refractivity (Wildman–Crippen MR) is 127 cm³/mol. The van der Waals surface area contributed by atoms with Crippen molar-refractivity contribution in [2.24, 2.45) is 0 Å². The summed E-state index contributed by atoms with van der Waals surface area (Å²) in [6.45, 7) is 3.59. The molecule has 4 nitrogen and oxygen atoms in total. The smallest absolute Gasteiger partial charge is 0.185 e. The Morgan fingerprint density at radius 2 is 1.73 bits per heavy atom. The van der Waals surface area contributed by atoms with Crippen LogP contribution in [0, 0.1) is 0 Å². The Bertz CT molecular complexity index is 1100. The maximum Gasteiger partial charge on any atom is 0.185 e. The van der Waals surface area contributed by atoms with Crippen molar-refractivity contribution in [2.75, 3.05) is 18.0 Å². The topological polar surface area (TPSA) is 50.3 Å². The second kappa shape index (κ2) is 9.20. The first-order chi connectivity index (χ1) is 14.5. The van der Waals surface area contributed by atoms with Crippen LogP contribution in [0.3, 0.4) is 0 Å². The fraction of sp³-hybridized carbons (Fsp3) is 0.348. The lowest BCUT2D eigenvalue weighted by Crippen LogP contribution is -2.39. The van der Waals surface area contributed by atoms with Gasteiger partial charge in [-0.2, -0.15) is 0 Å². The van der Waals surface area contributed by atoms with Crippen LogP contribution in [0.4, 0.5) is 5.13 Å². The highest BCUT2D eigenvalue weighted by molar-refractivity contribution is 9.10. The number of sulfone groups is 1. The Labute approximate surface area is 191 Å². The molecule has 158 valence electrons. The Balaban J connectivity index is 1.39. The van der Waals surface area contributed by atoms with E-state index < -0.39 is 9.84 Å². The van der Waals surface area contributed by atoms with Gasteiger partial charge in [-0.1, -0.05) is 43.3 Å². The molecule has 0 unspecified atom stereocenters. The lowest BCUT2D eigenvalue weighted by Gasteiger charge is -2.31. The first-order valence-corrected chi connectivity index (χ1v) is 13.4. The highest BCUT2D eigenvalue weighted by Gasteiger charge is 2.33. The van der Waals surface area contributed by atoms with Gasteiger partial charge in [0.1, 0.15) is 0 Å². The Morgan fingerprint density at radius 1 is 1.07 bits per heavy atom. The molecule has 7 heteroatoms. The lowest BCUT2D eigenvalue weighted by atomic mass is 10.1. The Hall–Kier alpha value is -1.70. The second-order valence-corrected chi connectivity index (χ2v) is 11.5. The summed E-state index contributed by atoms with van der Waals surface area (Å²) in [6.07, 6.45) is 3.12. The molecule has 0 spiro atoms. The molecular weight excluding hydrogens is 480 g/mol. The molecule has 0 aliphatic carbocycles. The molecule has 0 radical (unpaired) electrons. The molecule has 1 aliphatic rings. The van der Waals surface area contributed by atoms with Crippen LogP contribution in [-0.4, -0.2) is 31.7 Å². The standard InChI is InChI=1S/C23H25BrN2O2S2/c1-2-17-7-9-18(10-8-17)15-19-16-29-23(25-19)26-13-11-20(12-14-26)30(27,28)22-6-4-3-5-21(22)24/h3-10,16,20H,2,11-15H2,1H3. The highest BCUT2D eigenvalue weighted by atomic mass is 79.9. The van der Waals surface area contributed by atoms with Crippen LogP contribution in [0.2, 0.25) is 0 Å². The van der Waals surface area contributed by atoms with Gasteiger partial charge in [-0.3, -0.25) is 0 Å². The predicted octanol–water partition coefficient (Wildman–Crippen LogP) is 5.50. The third-order valence-electron chi connectivity index (χ3n) is 5.65. The maximum atomic E-state index is 13.0. The molecule has 1 saturated heterocycles. The zero-order valence-corrected chi connectivity index (χ0v) is 20.1. The molecule has 0 amide bonds. The molecule has 0 saturated carbocycles. The number of thiazole rings is 1. The third-order valence-corrected chi connectivity index (χ3v) is 9.87. The van der Waals surface area contributed by atoms with Crippen molar-refractivity contribution in [3.05, 3.63) is 75.2 Å². The summed E-state index contributed by atoms with van der Waals surface area (Å²) in [6, 6.07) is 15.8. The van der Waals surface area contributed by atoms with E-state index in [4.69, 9.17) is 4.98 Å². The number of hydrogen-bond donors (Lipinski definition) is 0. The molecule has 0 atom stereocenters. The van der Waals surface area contributed by atoms with Crippen molar-refractivity contribution in [1.29, 1.82) is 0 Å². The van der Waals surface area contributed by atoms with Crippen molar-refractivity contribution < 1.29 is 8.42 Å². The van der Waals surface area contributed by atoms with E-state index in [1.807, 2.05) is 6.07 Å². The molecule has 3 aromatic rings. The first kappa shape index (κ1) is 21.5. The van der Waals surface area contributed by atoms with Gasteiger partial charge in [0, 0.05) is 29.4 Å². The maximum absolute atomic E-state index is 13.0. The van der Waals surface area contributed by atoms with Crippen LogP contribution in [0.25, 0.3) is 0 Å². The van der Waals surface area contributed by atoms with Gasteiger partial charge < -0.3 is 4.90 Å². The van der Waals surface area contributed by atoms with E-state index >= 15 is 0 Å². The van der Waals surface area contributed by atoms with Gasteiger partial charge in [-0.25, -0.2) is 13.4 Å². The number of benzene rings is 2. The zero-order chi connectivity index (χ0) is 21.1. The normalized spacial score (nSPS) is 15.5. The Morgan fingerprint density at radius 3 is 2.40 bits per heavy atom. The monoisotopic (exact) mass is 504 g/mol. The van der Waals surface area contributed by atoms with Crippen molar-refractivity contribution in [3.8, 4) is 0 Å². The van der Waals surface area contributed by atoms with Crippen LogP contribution in [-0.2, 0) is 22.7 Å².